The van der Waals surface area contributed by atoms with Crippen molar-refractivity contribution in [1.82, 2.24) is 29.7 Å². The number of hydrogen-bond donors (Lipinski definition) is 2. The molecular weight excluding hydrogens is 370 g/mol. The first-order chi connectivity index (χ1) is 14.1. The number of H-pyrrole nitrogens is 1. The van der Waals surface area contributed by atoms with Crippen molar-refractivity contribution in [3.05, 3.63) is 66.1 Å². The zero-order valence-electron chi connectivity index (χ0n) is 16.0. The summed E-state index contributed by atoms with van der Waals surface area (Å²) in [5, 5.41) is 13.7. The first-order valence-corrected chi connectivity index (χ1v) is 9.09. The Morgan fingerprint density at radius 1 is 1.21 bits per heavy atom. The number of fused-ring (bicyclic) bond motifs is 1. The number of rotatable bonds is 5. The van der Waals surface area contributed by atoms with Gasteiger partial charge in [-0.2, -0.15) is 5.10 Å². The molecule has 0 unspecified atom stereocenters. The lowest BCUT2D eigenvalue weighted by Gasteiger charge is -2.14. The molecule has 0 spiro atoms. The highest BCUT2D eigenvalue weighted by atomic mass is 16.2. The van der Waals surface area contributed by atoms with Gasteiger partial charge in [0.2, 0.25) is 0 Å². The average molecular weight is 389 g/mol. The van der Waals surface area contributed by atoms with Crippen LogP contribution in [0, 0.1) is 0 Å². The summed E-state index contributed by atoms with van der Waals surface area (Å²) in [5.41, 5.74) is 2.37. The van der Waals surface area contributed by atoms with Crippen LogP contribution in [0.1, 0.15) is 27.8 Å². The maximum Gasteiger partial charge on any atom is 0.274 e. The summed E-state index contributed by atoms with van der Waals surface area (Å²) in [4.78, 5) is 31.1. The fourth-order valence-electron chi connectivity index (χ4n) is 2.83. The molecule has 1 aromatic carbocycles. The number of nitrogens with zero attached hydrogens (tertiary/aromatic N) is 5. The number of aromatic nitrogens is 5. The van der Waals surface area contributed by atoms with Gasteiger partial charge in [0.1, 0.15) is 5.69 Å². The molecule has 4 rings (SSSR count). The summed E-state index contributed by atoms with van der Waals surface area (Å²) in [6, 6.07) is 13.1. The van der Waals surface area contributed by atoms with Crippen LogP contribution in [0.5, 0.6) is 0 Å². The Balaban J connectivity index is 1.58. The Labute approximate surface area is 166 Å². The van der Waals surface area contributed by atoms with E-state index >= 15 is 0 Å². The summed E-state index contributed by atoms with van der Waals surface area (Å²) in [5.74, 6) is -0.132. The van der Waals surface area contributed by atoms with Crippen molar-refractivity contribution in [2.45, 2.75) is 6.92 Å². The predicted octanol–water partition coefficient (Wildman–Crippen LogP) is 2.46. The molecule has 0 saturated heterocycles. The van der Waals surface area contributed by atoms with Gasteiger partial charge in [-0.05, 0) is 13.0 Å². The molecule has 3 heterocycles. The summed E-state index contributed by atoms with van der Waals surface area (Å²) < 4.78 is 1.64. The van der Waals surface area contributed by atoms with E-state index < -0.39 is 5.91 Å². The van der Waals surface area contributed by atoms with Crippen LogP contribution in [0.15, 0.2) is 54.9 Å². The van der Waals surface area contributed by atoms with Crippen molar-refractivity contribution in [2.24, 2.45) is 0 Å². The number of amides is 2. The third kappa shape index (κ3) is 3.57. The molecule has 0 aliphatic carbocycles. The summed E-state index contributed by atoms with van der Waals surface area (Å²) in [6.07, 6.45) is 3.07. The Morgan fingerprint density at radius 2 is 2.00 bits per heavy atom. The normalized spacial score (nSPS) is 10.8. The lowest BCUT2D eigenvalue weighted by Crippen LogP contribution is -2.28. The average Bonchev–Trinajstić information content (AvgIpc) is 3.40. The SMILES string of the molecule is CCN(C)C(=O)c1cn[nH]c1C(=O)Nc1ccn2nc(-c3ccccc3)nc2c1. The van der Waals surface area contributed by atoms with Crippen LogP contribution < -0.4 is 5.32 Å². The van der Waals surface area contributed by atoms with Crippen LogP contribution in [-0.2, 0) is 0 Å². The second-order valence-electron chi connectivity index (χ2n) is 6.45. The highest BCUT2D eigenvalue weighted by Gasteiger charge is 2.22. The first-order valence-electron chi connectivity index (χ1n) is 9.09. The second kappa shape index (κ2) is 7.55. The minimum atomic E-state index is -0.456. The van der Waals surface area contributed by atoms with E-state index in [4.69, 9.17) is 0 Å². The Kier molecular flexibility index (Phi) is 4.78. The maximum absolute atomic E-state index is 12.7. The molecule has 2 N–H and O–H groups in total. The number of hydrogen-bond acceptors (Lipinski definition) is 5. The molecule has 3 aromatic heterocycles. The third-order valence-corrected chi connectivity index (χ3v) is 4.55. The van der Waals surface area contributed by atoms with Crippen LogP contribution in [0.3, 0.4) is 0 Å². The maximum atomic E-state index is 12.7. The molecule has 29 heavy (non-hydrogen) atoms. The molecular formula is C20H19N7O2. The number of nitrogens with one attached hydrogen (secondary N) is 2. The van der Waals surface area contributed by atoms with Gasteiger partial charge < -0.3 is 10.2 Å². The van der Waals surface area contributed by atoms with Crippen LogP contribution in [-0.4, -0.2) is 55.1 Å². The molecule has 9 heteroatoms. The Morgan fingerprint density at radius 3 is 2.76 bits per heavy atom. The minimum absolute atomic E-state index is 0.113. The van der Waals surface area contributed by atoms with Gasteiger partial charge in [0, 0.05) is 37.1 Å². The number of anilines is 1. The monoisotopic (exact) mass is 389 g/mol. The minimum Gasteiger partial charge on any atom is -0.342 e. The molecule has 0 bridgehead atoms. The largest absolute Gasteiger partial charge is 0.342 e. The van der Waals surface area contributed by atoms with Gasteiger partial charge in [-0.3, -0.25) is 14.7 Å². The van der Waals surface area contributed by atoms with E-state index in [0.29, 0.717) is 23.7 Å². The van der Waals surface area contributed by atoms with Crippen molar-refractivity contribution >= 4 is 23.1 Å². The van der Waals surface area contributed by atoms with E-state index in [9.17, 15) is 9.59 Å². The topological polar surface area (TPSA) is 108 Å². The van der Waals surface area contributed by atoms with Crippen molar-refractivity contribution in [1.29, 1.82) is 0 Å². The van der Waals surface area contributed by atoms with Crippen LogP contribution in [0.4, 0.5) is 5.69 Å². The van der Waals surface area contributed by atoms with Gasteiger partial charge >= 0.3 is 0 Å². The molecule has 0 aliphatic heterocycles. The van der Waals surface area contributed by atoms with E-state index in [1.165, 1.54) is 11.1 Å². The lowest BCUT2D eigenvalue weighted by atomic mass is 10.2. The van der Waals surface area contributed by atoms with Gasteiger partial charge in [-0.1, -0.05) is 30.3 Å². The second-order valence-corrected chi connectivity index (χ2v) is 6.45. The lowest BCUT2D eigenvalue weighted by molar-refractivity contribution is 0.0797. The van der Waals surface area contributed by atoms with Crippen LogP contribution in [0.2, 0.25) is 0 Å². The zero-order valence-corrected chi connectivity index (χ0v) is 16.0. The number of pyridine rings is 1. The number of carbonyl (C=O) groups excluding carboxylic acids is 2. The molecule has 0 atom stereocenters. The zero-order chi connectivity index (χ0) is 20.4. The van der Waals surface area contributed by atoms with Crippen molar-refractivity contribution in [2.75, 3.05) is 18.9 Å². The summed E-state index contributed by atoms with van der Waals surface area (Å²) in [7, 11) is 1.67. The van der Waals surface area contributed by atoms with E-state index in [1.54, 1.807) is 29.9 Å². The van der Waals surface area contributed by atoms with Crippen LogP contribution in [0.25, 0.3) is 17.0 Å². The molecule has 146 valence electrons. The molecule has 9 nitrogen and oxygen atoms in total. The quantitative estimate of drug-likeness (QED) is 0.545. The fraction of sp³-hybridized carbons (Fsp3) is 0.150. The Hall–Kier alpha value is -4.01. The number of carbonyl (C=O) groups is 2. The smallest absolute Gasteiger partial charge is 0.274 e. The molecule has 0 aliphatic rings. The number of aromatic amines is 1. The molecule has 0 fully saturated rings. The number of benzene rings is 1. The van der Waals surface area contributed by atoms with Crippen LogP contribution >= 0.6 is 0 Å². The van der Waals surface area contributed by atoms with Gasteiger partial charge in [0.05, 0.1) is 11.8 Å². The standard InChI is InChI=1S/C20H19N7O2/c1-3-26(2)20(29)15-12-21-24-17(15)19(28)22-14-9-10-27-16(11-14)23-18(25-27)13-7-5-4-6-8-13/h4-12H,3H2,1-2H3,(H,21,24)(H,22,28). The van der Waals surface area contributed by atoms with E-state index in [-0.39, 0.29) is 17.2 Å². The van der Waals surface area contributed by atoms with E-state index in [2.05, 4.69) is 25.6 Å². The van der Waals surface area contributed by atoms with Gasteiger partial charge in [-0.15, -0.1) is 5.10 Å². The molecule has 0 saturated carbocycles. The predicted molar refractivity (Wildman–Crippen MR) is 108 cm³/mol. The van der Waals surface area contributed by atoms with Gasteiger partial charge in [0.15, 0.2) is 11.5 Å². The van der Waals surface area contributed by atoms with E-state index in [0.717, 1.165) is 5.56 Å². The van der Waals surface area contributed by atoms with Crippen molar-refractivity contribution in [3.8, 4) is 11.4 Å². The highest BCUT2D eigenvalue weighted by molar-refractivity contribution is 6.10. The van der Waals surface area contributed by atoms with Crippen molar-refractivity contribution in [3.63, 3.8) is 0 Å². The third-order valence-electron chi connectivity index (χ3n) is 4.55. The molecule has 0 radical (unpaired) electrons. The molecule has 4 aromatic rings. The van der Waals surface area contributed by atoms with E-state index in [1.807, 2.05) is 37.3 Å². The fourth-order valence-corrected chi connectivity index (χ4v) is 2.83. The van der Waals surface area contributed by atoms with Gasteiger partial charge in [-0.25, -0.2) is 9.50 Å². The summed E-state index contributed by atoms with van der Waals surface area (Å²) >= 11 is 0. The molecule has 2 amide bonds. The van der Waals surface area contributed by atoms with Gasteiger partial charge in [0.25, 0.3) is 11.8 Å². The first kappa shape index (κ1) is 18.4. The Bertz CT molecular complexity index is 1180. The highest BCUT2D eigenvalue weighted by Crippen LogP contribution is 2.18. The van der Waals surface area contributed by atoms with Crippen molar-refractivity contribution < 1.29 is 9.59 Å². The summed E-state index contributed by atoms with van der Waals surface area (Å²) in [6.45, 7) is 2.38.